The standard InChI is InChI=1S/C21H22N5O5S2/c1-3-31-21(28)26-33(29)15-8-6-14(7-9-15)24-20-23-13-16(17-5-4-12-32-17)19(25-20)22-11-10-18(27)30-2/h4-9,12-13H,3,10-11H2,1-2H3,(H2,22,23,24,25)/q-1. The third-order valence-electron chi connectivity index (χ3n) is 4.16. The molecule has 0 spiro atoms. The van der Waals surface area contributed by atoms with E-state index in [0.29, 0.717) is 28.9 Å². The molecule has 0 fully saturated rings. The number of nitrogens with one attached hydrogen (secondary N) is 2. The fourth-order valence-electron chi connectivity index (χ4n) is 2.63. The molecule has 0 bridgehead atoms. The predicted molar refractivity (Wildman–Crippen MR) is 126 cm³/mol. The van der Waals surface area contributed by atoms with Gasteiger partial charge in [0, 0.05) is 23.3 Å². The molecule has 0 aliphatic rings. The van der Waals surface area contributed by atoms with E-state index in [4.69, 9.17) is 0 Å². The Kier molecular flexibility index (Phi) is 8.72. The minimum Gasteiger partial charge on any atom is -0.469 e. The third-order valence-corrected chi connectivity index (χ3v) is 6.06. The maximum atomic E-state index is 12.1. The Morgan fingerprint density at radius 2 is 2.00 bits per heavy atom. The maximum Gasteiger partial charge on any atom is 0.410 e. The van der Waals surface area contributed by atoms with E-state index in [-0.39, 0.29) is 19.0 Å². The third kappa shape index (κ3) is 6.99. The number of ether oxygens (including phenoxy) is 2. The summed E-state index contributed by atoms with van der Waals surface area (Å²) >= 11 is 1.55. The van der Waals surface area contributed by atoms with Crippen molar-refractivity contribution < 1.29 is 23.3 Å². The summed E-state index contributed by atoms with van der Waals surface area (Å²) in [7, 11) is -0.512. The van der Waals surface area contributed by atoms with Crippen molar-refractivity contribution in [2.45, 2.75) is 18.2 Å². The number of hydrogen-bond acceptors (Lipinski definition) is 11. The number of esters is 1. The molecule has 1 aromatic carbocycles. The second-order valence-corrected chi connectivity index (χ2v) is 8.47. The van der Waals surface area contributed by atoms with Crippen LogP contribution in [0.5, 0.6) is 0 Å². The number of amides is 1. The highest BCUT2D eigenvalue weighted by molar-refractivity contribution is 7.75. The number of aromatic nitrogens is 2. The van der Waals surface area contributed by atoms with Gasteiger partial charge >= 0.3 is 12.1 Å². The van der Waals surface area contributed by atoms with Crippen LogP contribution in [0, 0.1) is 0 Å². The van der Waals surface area contributed by atoms with Gasteiger partial charge in [-0.05, 0) is 30.5 Å². The minimum atomic E-state index is -1.86. The van der Waals surface area contributed by atoms with E-state index in [0.717, 1.165) is 10.4 Å². The Morgan fingerprint density at radius 1 is 1.21 bits per heavy atom. The van der Waals surface area contributed by atoms with Crippen molar-refractivity contribution in [2.24, 2.45) is 4.36 Å². The van der Waals surface area contributed by atoms with Gasteiger partial charge in [-0.15, -0.1) is 21.9 Å². The van der Waals surface area contributed by atoms with Crippen LogP contribution in [-0.2, 0) is 29.1 Å². The first kappa shape index (κ1) is 24.1. The molecule has 2 aromatic heterocycles. The summed E-state index contributed by atoms with van der Waals surface area (Å²) in [5, 5.41) is 8.20. The molecule has 0 saturated carbocycles. The normalized spacial score (nSPS) is 11.6. The van der Waals surface area contributed by atoms with Crippen LogP contribution in [0.3, 0.4) is 0 Å². The Morgan fingerprint density at radius 3 is 2.67 bits per heavy atom. The average molecular weight is 489 g/mol. The SMILES string of the molecule is CCOC(=O)N=[S-](=O)c1ccc(Nc2ncc(-c3cccs3)c(NCCC(=O)OC)n2)cc1. The lowest BCUT2D eigenvalue weighted by atomic mass is 10.2. The van der Waals surface area contributed by atoms with Crippen LogP contribution in [0.25, 0.3) is 10.4 Å². The summed E-state index contributed by atoms with van der Waals surface area (Å²) in [5.41, 5.74) is 1.46. The van der Waals surface area contributed by atoms with Crippen molar-refractivity contribution in [3.63, 3.8) is 0 Å². The van der Waals surface area contributed by atoms with Crippen molar-refractivity contribution in [2.75, 3.05) is 30.9 Å². The summed E-state index contributed by atoms with van der Waals surface area (Å²) in [6, 6.07) is 10.4. The van der Waals surface area contributed by atoms with Crippen LogP contribution in [0.15, 0.2) is 57.2 Å². The number of hydrogen-bond donors (Lipinski definition) is 2. The lowest BCUT2D eigenvalue weighted by Crippen LogP contribution is -2.12. The maximum absolute atomic E-state index is 12.1. The van der Waals surface area contributed by atoms with E-state index in [1.165, 1.54) is 7.11 Å². The molecule has 2 heterocycles. The first-order chi connectivity index (χ1) is 16.0. The zero-order valence-corrected chi connectivity index (χ0v) is 19.6. The van der Waals surface area contributed by atoms with Gasteiger partial charge in [-0.3, -0.25) is 9.16 Å². The molecule has 174 valence electrons. The highest BCUT2D eigenvalue weighted by atomic mass is 32.2. The fraction of sp³-hybridized carbons (Fsp3) is 0.238. The number of carbonyl (C=O) groups excluding carboxylic acids is 2. The van der Waals surface area contributed by atoms with E-state index in [1.54, 1.807) is 48.7 Å². The van der Waals surface area contributed by atoms with Crippen molar-refractivity contribution in [3.8, 4) is 10.4 Å². The summed E-state index contributed by atoms with van der Waals surface area (Å²) in [4.78, 5) is 33.1. The highest BCUT2D eigenvalue weighted by Gasteiger charge is 2.11. The summed E-state index contributed by atoms with van der Waals surface area (Å²) in [6.07, 6.45) is 1.02. The predicted octanol–water partition coefficient (Wildman–Crippen LogP) is 4.59. The molecule has 0 saturated heterocycles. The van der Waals surface area contributed by atoms with Gasteiger partial charge in [0.05, 0.1) is 25.7 Å². The average Bonchev–Trinajstić information content (AvgIpc) is 3.34. The number of nitrogens with zero attached hydrogens (tertiary/aromatic N) is 3. The Hall–Kier alpha value is -3.51. The smallest absolute Gasteiger partial charge is 0.410 e. The van der Waals surface area contributed by atoms with E-state index >= 15 is 0 Å². The highest BCUT2D eigenvalue weighted by Crippen LogP contribution is 2.31. The summed E-state index contributed by atoms with van der Waals surface area (Å²) in [6.45, 7) is 2.16. The van der Waals surface area contributed by atoms with Crippen molar-refractivity contribution in [1.29, 1.82) is 0 Å². The summed E-state index contributed by atoms with van der Waals surface area (Å²) in [5.74, 6) is 0.588. The Labute approximate surface area is 196 Å². The van der Waals surface area contributed by atoms with Gasteiger partial charge in [-0.1, -0.05) is 23.1 Å². The van der Waals surface area contributed by atoms with E-state index in [1.807, 2.05) is 17.5 Å². The van der Waals surface area contributed by atoms with Gasteiger partial charge in [0.25, 0.3) is 0 Å². The number of anilines is 3. The first-order valence-corrected chi connectivity index (χ1v) is 11.9. The Balaban J connectivity index is 1.76. The molecule has 33 heavy (non-hydrogen) atoms. The monoisotopic (exact) mass is 488 g/mol. The number of rotatable bonds is 9. The van der Waals surface area contributed by atoms with Gasteiger partial charge < -0.3 is 24.3 Å². The molecule has 0 atom stereocenters. The molecular formula is C21H22N5O5S2-. The van der Waals surface area contributed by atoms with Gasteiger partial charge in [0.15, 0.2) is 0 Å². The number of benzene rings is 1. The topological polar surface area (TPSA) is 132 Å². The summed E-state index contributed by atoms with van der Waals surface area (Å²) < 4.78 is 24.9. The van der Waals surface area contributed by atoms with E-state index in [2.05, 4.69) is 34.4 Å². The molecule has 2 N–H and O–H groups in total. The van der Waals surface area contributed by atoms with Crippen LogP contribution >= 0.6 is 11.3 Å². The van der Waals surface area contributed by atoms with Crippen LogP contribution in [0.2, 0.25) is 0 Å². The van der Waals surface area contributed by atoms with E-state index in [9.17, 15) is 13.8 Å². The second kappa shape index (κ2) is 11.9. The molecule has 0 radical (unpaired) electrons. The molecule has 10 nitrogen and oxygen atoms in total. The van der Waals surface area contributed by atoms with Crippen LogP contribution < -0.4 is 10.6 Å². The van der Waals surface area contributed by atoms with Crippen LogP contribution in [0.4, 0.5) is 22.2 Å². The zero-order chi connectivity index (χ0) is 23.6. The first-order valence-electron chi connectivity index (χ1n) is 9.89. The molecule has 0 aliphatic carbocycles. The molecule has 3 aromatic rings. The van der Waals surface area contributed by atoms with Gasteiger partial charge in [-0.2, -0.15) is 4.98 Å². The molecule has 0 unspecified atom stereocenters. The van der Waals surface area contributed by atoms with Crippen molar-refractivity contribution >= 4 is 51.4 Å². The molecular weight excluding hydrogens is 466 g/mol. The number of thiophene rings is 1. The second-order valence-electron chi connectivity index (χ2n) is 6.37. The molecule has 12 heteroatoms. The molecule has 0 aliphatic heterocycles. The van der Waals surface area contributed by atoms with Crippen LogP contribution in [-0.4, -0.2) is 42.3 Å². The minimum absolute atomic E-state index is 0.160. The van der Waals surface area contributed by atoms with Gasteiger partial charge in [0.2, 0.25) is 5.95 Å². The lowest BCUT2D eigenvalue weighted by Gasteiger charge is -2.13. The number of methoxy groups -OCH3 is 1. The van der Waals surface area contributed by atoms with E-state index < -0.39 is 16.7 Å². The van der Waals surface area contributed by atoms with Crippen molar-refractivity contribution in [1.82, 2.24) is 9.97 Å². The molecule has 3 rings (SSSR count). The quantitative estimate of drug-likeness (QED) is 0.328. The van der Waals surface area contributed by atoms with Gasteiger partial charge in [0.1, 0.15) is 5.82 Å². The Bertz CT molecular complexity index is 1180. The van der Waals surface area contributed by atoms with Gasteiger partial charge in [-0.25, -0.2) is 9.78 Å². The number of carbonyl (C=O) groups is 2. The lowest BCUT2D eigenvalue weighted by molar-refractivity contribution is -0.140. The molecule has 1 amide bonds. The zero-order valence-electron chi connectivity index (χ0n) is 17.9. The fourth-order valence-corrected chi connectivity index (χ4v) is 4.03. The van der Waals surface area contributed by atoms with Crippen LogP contribution in [0.1, 0.15) is 13.3 Å². The van der Waals surface area contributed by atoms with Crippen molar-refractivity contribution in [3.05, 3.63) is 48.0 Å². The largest absolute Gasteiger partial charge is 0.469 e.